The molecule has 3 aromatic rings. The first-order valence-corrected chi connectivity index (χ1v) is 34.7. The van der Waals surface area contributed by atoms with Crippen molar-refractivity contribution < 1.29 is 92.3 Å². The smallest absolute Gasteiger partial charge is 0.325 e. The quantitative estimate of drug-likeness (QED) is 0.0250. The number of aliphatic hydroxyl groups is 2. The van der Waals surface area contributed by atoms with Gasteiger partial charge in [-0.15, -0.1) is 0 Å². The van der Waals surface area contributed by atoms with Crippen LogP contribution in [0.15, 0.2) is 60.8 Å². The number of hydrogen-bond acceptors (Lipinski definition) is 21. The van der Waals surface area contributed by atoms with Crippen molar-refractivity contribution in [3.63, 3.8) is 0 Å². The van der Waals surface area contributed by atoms with Gasteiger partial charge in [-0.1, -0.05) is 103 Å². The monoisotopic (exact) mass is 1480 g/mol. The van der Waals surface area contributed by atoms with Crippen molar-refractivity contribution in [2.45, 2.75) is 192 Å². The number of rotatable bonds is 47. The van der Waals surface area contributed by atoms with E-state index in [1.807, 2.05) is 0 Å². The summed E-state index contributed by atoms with van der Waals surface area (Å²) in [4.78, 5) is 206. The molecule has 0 aliphatic rings. The second kappa shape index (κ2) is 45.1. The van der Waals surface area contributed by atoms with Crippen molar-refractivity contribution >= 4 is 99.6 Å². The normalized spacial score (nSPS) is 15.2. The summed E-state index contributed by atoms with van der Waals surface area (Å²) in [5.74, 6) is -16.8. The lowest BCUT2D eigenvalue weighted by atomic mass is 9.96. The Bertz CT molecular complexity index is 3450. The number of nitrogens with one attached hydrogen (secondary N) is 14. The SMILES string of the molecule is CC[C@H](N)C(=O)N[C@@H](C(=O)N[C@H](CCN)C(=O)NCC(=O)N[C@H](CO)C(=O)N[C@H](Cc1c[nH]c2ccccc12)C(=O)N[C@@H](CO)C(=O)N[C@@H](CCN)C(=O)N[C@H](CCN)C(=O)N[C@@H](Cc1ccccc1)C(=O)N[C@@H](CCC(=O)O)C(=O)N[C@H](C(=O)N[C@@H](C(=O)N[C@@H](C)C(=O)O)[C@@H](C)CC)C(C)C)C(C)C. The van der Waals surface area contributed by atoms with Crippen molar-refractivity contribution in [3.8, 4) is 0 Å². The van der Waals surface area contributed by atoms with E-state index in [0.717, 1.165) is 0 Å². The molecule has 0 bridgehead atoms. The summed E-state index contributed by atoms with van der Waals surface area (Å²) >= 11 is 0. The molecule has 2 aromatic carbocycles. The molecule has 0 aliphatic heterocycles. The molecule has 0 saturated carbocycles. The lowest BCUT2D eigenvalue weighted by molar-refractivity contribution is -0.142. The number of aromatic nitrogens is 1. The minimum Gasteiger partial charge on any atom is -0.481 e. The number of carbonyl (C=O) groups is 15. The molecule has 13 amide bonds. The van der Waals surface area contributed by atoms with Crippen molar-refractivity contribution in [2.75, 3.05) is 39.4 Å². The Morgan fingerprint density at radius 1 is 0.429 bits per heavy atom. The minimum atomic E-state index is -1.88. The van der Waals surface area contributed by atoms with Gasteiger partial charge in [0.05, 0.1) is 25.8 Å². The van der Waals surface area contributed by atoms with E-state index in [0.29, 0.717) is 28.5 Å². The number of aliphatic carboxylic acids is 2. The molecule has 0 unspecified atom stereocenters. The van der Waals surface area contributed by atoms with Crippen molar-refractivity contribution in [2.24, 2.45) is 40.7 Å². The maximum absolute atomic E-state index is 14.5. The lowest BCUT2D eigenvalue weighted by Crippen LogP contribution is -2.62. The number of fused-ring (bicyclic) bond motifs is 1. The van der Waals surface area contributed by atoms with Crippen LogP contribution >= 0.6 is 0 Å². The fourth-order valence-corrected chi connectivity index (χ4v) is 10.5. The number of aromatic amines is 1. The van der Waals surface area contributed by atoms with E-state index < -0.39 is 218 Å². The summed E-state index contributed by atoms with van der Waals surface area (Å²) in [5.41, 5.74) is 24.9. The van der Waals surface area contributed by atoms with Gasteiger partial charge in [-0.3, -0.25) is 71.9 Å². The Kier molecular flexibility index (Phi) is 38.2. The number of carbonyl (C=O) groups excluding carboxylic acids is 13. The van der Waals surface area contributed by atoms with E-state index >= 15 is 0 Å². The lowest BCUT2D eigenvalue weighted by Gasteiger charge is -2.30. The number of H-pyrrole nitrogens is 1. The molecule has 0 fully saturated rings. The van der Waals surface area contributed by atoms with Crippen molar-refractivity contribution in [1.29, 1.82) is 0 Å². The number of hydrogen-bond donors (Lipinski definition) is 22. The van der Waals surface area contributed by atoms with Crippen LogP contribution in [0.5, 0.6) is 0 Å². The highest BCUT2D eigenvalue weighted by Gasteiger charge is 2.38. The number of para-hydroxylation sites is 1. The average Bonchev–Trinajstić information content (AvgIpc) is 1.81. The van der Waals surface area contributed by atoms with Gasteiger partial charge in [-0.05, 0) is 93.6 Å². The van der Waals surface area contributed by atoms with Gasteiger partial charge in [0.2, 0.25) is 76.8 Å². The van der Waals surface area contributed by atoms with Crippen molar-refractivity contribution in [1.82, 2.24) is 74.1 Å². The highest BCUT2D eigenvalue weighted by molar-refractivity contribution is 6.00. The number of aliphatic hydroxyl groups excluding tert-OH is 2. The summed E-state index contributed by atoms with van der Waals surface area (Å²) in [6, 6.07) is -4.03. The van der Waals surface area contributed by atoms with Crippen molar-refractivity contribution in [3.05, 3.63) is 71.9 Å². The Morgan fingerprint density at radius 2 is 0.829 bits per heavy atom. The Balaban J connectivity index is 1.87. The van der Waals surface area contributed by atoms with E-state index in [1.54, 1.807) is 103 Å². The van der Waals surface area contributed by atoms with E-state index in [-0.39, 0.29) is 58.2 Å². The second-order valence-corrected chi connectivity index (χ2v) is 26.0. The van der Waals surface area contributed by atoms with Gasteiger partial charge in [0.1, 0.15) is 72.5 Å². The van der Waals surface area contributed by atoms with Crippen LogP contribution in [0.2, 0.25) is 0 Å². The fourth-order valence-electron chi connectivity index (χ4n) is 10.5. The fraction of sp³-hybridized carbons (Fsp3) is 0.574. The molecule has 3 rings (SSSR count). The minimum absolute atomic E-state index is 0.0964. The van der Waals surface area contributed by atoms with Crippen LogP contribution in [0.4, 0.5) is 0 Å². The molecule has 1 heterocycles. The van der Waals surface area contributed by atoms with E-state index in [4.69, 9.17) is 22.9 Å². The number of amides is 13. The first kappa shape index (κ1) is 89.0. The maximum atomic E-state index is 14.5. The zero-order valence-corrected chi connectivity index (χ0v) is 60.3. The molecular weight excluding hydrogens is 1370 g/mol. The molecule has 26 N–H and O–H groups in total. The summed E-state index contributed by atoms with van der Waals surface area (Å²) in [6.07, 6.45) is -0.345. The molecule has 105 heavy (non-hydrogen) atoms. The molecule has 14 atom stereocenters. The summed E-state index contributed by atoms with van der Waals surface area (Å²) in [7, 11) is 0. The summed E-state index contributed by atoms with van der Waals surface area (Å²) in [6.45, 7) is 9.11. The van der Waals surface area contributed by atoms with Gasteiger partial charge in [0.15, 0.2) is 0 Å². The van der Waals surface area contributed by atoms with Gasteiger partial charge in [0.25, 0.3) is 0 Å². The molecule has 582 valence electrons. The highest BCUT2D eigenvalue weighted by Crippen LogP contribution is 2.20. The second-order valence-electron chi connectivity index (χ2n) is 26.0. The van der Waals surface area contributed by atoms with Gasteiger partial charge < -0.3 is 117 Å². The molecule has 0 spiro atoms. The molecule has 1 aromatic heterocycles. The number of carboxylic acids is 2. The third-order valence-corrected chi connectivity index (χ3v) is 17.1. The number of carboxylic acid groups (broad SMARTS) is 2. The third-order valence-electron chi connectivity index (χ3n) is 17.1. The van der Waals surface area contributed by atoms with Crippen LogP contribution in [0.3, 0.4) is 0 Å². The number of benzene rings is 2. The van der Waals surface area contributed by atoms with Crippen LogP contribution < -0.4 is 92.1 Å². The molecular formula is C68H106N18O19. The standard InChI is InChI=1S/C68H106N18O19/c1-9-36(7)55(67(103)75-37(8)68(104)105)86-66(102)54(35(5)6)85-60(96)43(20-21-52(90)91)77-61(97)47(28-38-16-12-11-13-17-38)81-59(95)46(24-27-71)78-58(94)45(23-26-70)79-64(100)50(33-88)83-62(98)48(29-39-30-73-42-19-15-14-18-40(39)42)82-63(99)49(32-87)76-51(89)31-74-57(93)44(22-25-69)80-65(101)53(34(3)4)84-56(92)41(72)10-2/h11-19,30,34-37,41,43-50,53-55,73,87-88H,9-10,20-29,31-33,69-72H2,1-8H3,(H,74,93)(H,75,103)(H,76,89)(H,77,97)(H,78,94)(H,79,100)(H,80,101)(H,81,95)(H,82,99)(H,83,98)(H,84,92)(H,85,96)(H,86,102)(H,90,91)(H,104,105)/t36-,37-,41-,43-,44+,45-,46+,47-,48+,49+,50-,53+,54-,55+/m0/s1. The Hall–Kier alpha value is -10.2. The molecule has 0 aliphatic carbocycles. The van der Waals surface area contributed by atoms with Gasteiger partial charge in [-0.2, -0.15) is 0 Å². The van der Waals surface area contributed by atoms with E-state index in [1.165, 1.54) is 13.1 Å². The van der Waals surface area contributed by atoms with Crippen LogP contribution in [0.25, 0.3) is 10.9 Å². The van der Waals surface area contributed by atoms with Crippen LogP contribution in [-0.4, -0.2) is 232 Å². The third kappa shape index (κ3) is 29.1. The topological polar surface area (TPSA) is 613 Å². The summed E-state index contributed by atoms with van der Waals surface area (Å²) in [5, 5.41) is 72.6. The van der Waals surface area contributed by atoms with Gasteiger partial charge in [0, 0.05) is 36.4 Å². The highest BCUT2D eigenvalue weighted by atomic mass is 16.4. The first-order chi connectivity index (χ1) is 49.7. The average molecular weight is 1480 g/mol. The predicted molar refractivity (Wildman–Crippen MR) is 381 cm³/mol. The van der Waals surface area contributed by atoms with Crippen LogP contribution in [0, 0.1) is 17.8 Å². The largest absolute Gasteiger partial charge is 0.481 e. The molecule has 0 saturated heterocycles. The van der Waals surface area contributed by atoms with E-state index in [9.17, 15) is 92.3 Å². The molecule has 37 nitrogen and oxygen atoms in total. The van der Waals surface area contributed by atoms with Crippen LogP contribution in [-0.2, 0) is 84.8 Å². The first-order valence-electron chi connectivity index (χ1n) is 34.7. The van der Waals surface area contributed by atoms with Gasteiger partial charge in [-0.25, -0.2) is 0 Å². The zero-order valence-electron chi connectivity index (χ0n) is 60.3. The van der Waals surface area contributed by atoms with Gasteiger partial charge >= 0.3 is 11.9 Å². The maximum Gasteiger partial charge on any atom is 0.325 e. The summed E-state index contributed by atoms with van der Waals surface area (Å²) < 4.78 is 0. The zero-order chi connectivity index (χ0) is 78.8. The number of nitrogens with two attached hydrogens (primary N) is 4. The van der Waals surface area contributed by atoms with E-state index in [2.05, 4.69) is 74.1 Å². The Morgan fingerprint density at radius 3 is 1.31 bits per heavy atom. The molecule has 0 radical (unpaired) electrons. The van der Waals surface area contributed by atoms with Crippen LogP contribution in [0.1, 0.15) is 111 Å². The molecule has 37 heteroatoms. The predicted octanol–water partition coefficient (Wildman–Crippen LogP) is -6.02. The Labute approximate surface area is 607 Å².